The van der Waals surface area contributed by atoms with E-state index in [1.54, 1.807) is 0 Å². The number of hydrogen-bond donors (Lipinski definition) is 0. The molecule has 0 aromatic heterocycles. The molecule has 1 aliphatic carbocycles. The van der Waals surface area contributed by atoms with Crippen LogP contribution in [0.25, 0.3) is 0 Å². The summed E-state index contributed by atoms with van der Waals surface area (Å²) >= 11 is 0. The van der Waals surface area contributed by atoms with Crippen molar-refractivity contribution in [3.63, 3.8) is 0 Å². The highest BCUT2D eigenvalue weighted by atomic mass is 16.3. The Morgan fingerprint density at radius 3 is 2.27 bits per heavy atom. The van der Waals surface area contributed by atoms with Gasteiger partial charge in [-0.05, 0) is 31.6 Å². The summed E-state index contributed by atoms with van der Waals surface area (Å²) in [7, 11) is 0. The average Bonchev–Trinajstić information content (AvgIpc) is 1.85. The van der Waals surface area contributed by atoms with Gasteiger partial charge in [-0.15, -0.1) is 0 Å². The minimum absolute atomic E-state index is 0.195. The van der Waals surface area contributed by atoms with Crippen LogP contribution in [-0.4, -0.2) is 5.54 Å². The van der Waals surface area contributed by atoms with Crippen LogP contribution in [0, 0.1) is 16.7 Å². The zero-order valence-corrected chi connectivity index (χ0v) is 7.55. The minimum atomic E-state index is -0.401. The lowest BCUT2D eigenvalue weighted by Gasteiger charge is -2.37. The lowest BCUT2D eigenvalue weighted by molar-refractivity contribution is 0.253. The van der Waals surface area contributed by atoms with Crippen molar-refractivity contribution >= 4 is 0 Å². The molecular weight excluding hydrogens is 138 g/mol. The van der Waals surface area contributed by atoms with Gasteiger partial charge in [0.2, 0.25) is 0 Å². The van der Waals surface area contributed by atoms with E-state index in [1.165, 1.54) is 6.42 Å². The van der Waals surface area contributed by atoms with E-state index in [0.29, 0.717) is 0 Å². The van der Waals surface area contributed by atoms with Crippen molar-refractivity contribution in [2.75, 3.05) is 0 Å². The third-order valence-corrected chi connectivity index (χ3v) is 2.41. The highest BCUT2D eigenvalue weighted by Crippen LogP contribution is 2.41. The van der Waals surface area contributed by atoms with E-state index < -0.39 is 5.54 Å². The fraction of sp³-hybridized carbons (Fsp3) is 0.889. The van der Waals surface area contributed by atoms with Crippen LogP contribution >= 0.6 is 0 Å². The summed E-state index contributed by atoms with van der Waals surface area (Å²) in [5.41, 5.74) is -0.206. The van der Waals surface area contributed by atoms with Crippen LogP contribution in [-0.2, 0) is 0 Å². The molecule has 0 aliphatic heterocycles. The first-order valence-corrected chi connectivity index (χ1v) is 4.19. The van der Waals surface area contributed by atoms with Crippen molar-refractivity contribution < 1.29 is 0 Å². The molecule has 0 bridgehead atoms. The monoisotopic (exact) mass is 154 g/mol. The van der Waals surface area contributed by atoms with Crippen molar-refractivity contribution in [1.29, 1.82) is 0 Å². The van der Waals surface area contributed by atoms with Crippen molar-refractivity contribution in [2.45, 2.75) is 45.6 Å². The summed E-state index contributed by atoms with van der Waals surface area (Å²) in [5, 5.41) is 3.17. The largest absolute Gasteiger partial charge is 0.150 e. The maximum Gasteiger partial charge on any atom is 0.103 e. The Morgan fingerprint density at radius 2 is 1.91 bits per heavy atom. The summed E-state index contributed by atoms with van der Waals surface area (Å²) in [6.07, 6.45) is 5.31. The summed E-state index contributed by atoms with van der Waals surface area (Å²) < 4.78 is 0. The molecule has 0 aromatic rings. The average molecular weight is 154 g/mol. The molecular formula is C9H16NO. The molecule has 0 aromatic carbocycles. The molecule has 1 unspecified atom stereocenters. The Bertz CT molecular complexity index is 165. The van der Waals surface area contributed by atoms with Gasteiger partial charge in [-0.3, -0.25) is 0 Å². The van der Waals surface area contributed by atoms with Gasteiger partial charge in [-0.1, -0.05) is 25.4 Å². The third-order valence-electron chi connectivity index (χ3n) is 2.41. The zero-order valence-electron chi connectivity index (χ0n) is 7.55. The molecule has 1 atom stereocenters. The van der Waals surface area contributed by atoms with Gasteiger partial charge in [0.15, 0.2) is 0 Å². The molecule has 63 valence electrons. The van der Waals surface area contributed by atoms with Crippen molar-refractivity contribution in [1.82, 2.24) is 0 Å². The second-order valence-corrected chi connectivity index (χ2v) is 4.43. The van der Waals surface area contributed by atoms with Gasteiger partial charge < -0.3 is 0 Å². The van der Waals surface area contributed by atoms with E-state index in [9.17, 15) is 4.91 Å². The van der Waals surface area contributed by atoms with Crippen LogP contribution in [0.15, 0.2) is 5.18 Å². The lowest BCUT2D eigenvalue weighted by Crippen LogP contribution is -2.35. The molecule has 0 amide bonds. The fourth-order valence-corrected chi connectivity index (χ4v) is 1.96. The highest BCUT2D eigenvalue weighted by molar-refractivity contribution is 5.07. The van der Waals surface area contributed by atoms with Gasteiger partial charge in [-0.25, -0.2) is 0 Å². The van der Waals surface area contributed by atoms with E-state index in [-0.39, 0.29) is 5.41 Å². The molecule has 2 nitrogen and oxygen atoms in total. The minimum Gasteiger partial charge on any atom is -0.150 e. The molecule has 0 saturated heterocycles. The fourth-order valence-electron chi connectivity index (χ4n) is 1.96. The molecule has 1 rings (SSSR count). The standard InChI is InChI=1S/C9H16NO/c1-8(2)5-4-6-9(3,7-8)10-11/h7H,4-6H2,1-3H3. The highest BCUT2D eigenvalue weighted by Gasteiger charge is 2.37. The molecule has 0 spiro atoms. The second-order valence-electron chi connectivity index (χ2n) is 4.43. The van der Waals surface area contributed by atoms with E-state index in [2.05, 4.69) is 25.4 Å². The topological polar surface area (TPSA) is 29.4 Å². The quantitative estimate of drug-likeness (QED) is 0.534. The normalized spacial score (nSPS) is 36.6. The van der Waals surface area contributed by atoms with Crippen molar-refractivity contribution in [3.8, 4) is 0 Å². The smallest absolute Gasteiger partial charge is 0.103 e. The summed E-state index contributed by atoms with van der Waals surface area (Å²) in [6.45, 7) is 6.24. The first-order valence-electron chi connectivity index (χ1n) is 4.19. The maximum absolute atomic E-state index is 10.5. The van der Waals surface area contributed by atoms with Gasteiger partial charge in [0.25, 0.3) is 0 Å². The predicted molar refractivity (Wildman–Crippen MR) is 46.1 cm³/mol. The number of nitroso groups, excluding NO2 is 1. The van der Waals surface area contributed by atoms with Gasteiger partial charge in [0.1, 0.15) is 5.54 Å². The van der Waals surface area contributed by atoms with Gasteiger partial charge in [-0.2, -0.15) is 4.91 Å². The van der Waals surface area contributed by atoms with E-state index >= 15 is 0 Å². The molecule has 0 heterocycles. The molecule has 1 aliphatic rings. The Morgan fingerprint density at radius 1 is 1.27 bits per heavy atom. The van der Waals surface area contributed by atoms with Crippen molar-refractivity contribution in [3.05, 3.63) is 11.3 Å². The first-order chi connectivity index (χ1) is 4.97. The molecule has 1 saturated carbocycles. The van der Waals surface area contributed by atoms with Crippen molar-refractivity contribution in [2.24, 2.45) is 10.6 Å². The van der Waals surface area contributed by atoms with E-state index in [0.717, 1.165) is 12.8 Å². The third kappa shape index (κ3) is 2.01. The predicted octanol–water partition coefficient (Wildman–Crippen LogP) is 2.93. The lowest BCUT2D eigenvalue weighted by atomic mass is 9.69. The van der Waals surface area contributed by atoms with Crippen LogP contribution < -0.4 is 0 Å². The van der Waals surface area contributed by atoms with Crippen LogP contribution in [0.5, 0.6) is 0 Å². The van der Waals surface area contributed by atoms with Crippen LogP contribution in [0.4, 0.5) is 0 Å². The SMILES string of the molecule is CC1(C)[CH]C(C)(N=O)CCC1. The van der Waals surface area contributed by atoms with Crippen LogP contribution in [0.1, 0.15) is 40.0 Å². The number of rotatable bonds is 1. The zero-order chi connectivity index (χ0) is 8.54. The summed E-state index contributed by atoms with van der Waals surface area (Å²) in [4.78, 5) is 10.5. The second kappa shape index (κ2) is 2.58. The summed E-state index contributed by atoms with van der Waals surface area (Å²) in [5.74, 6) is 0. The molecule has 1 fully saturated rings. The first kappa shape index (κ1) is 8.69. The molecule has 0 N–H and O–H groups in total. The van der Waals surface area contributed by atoms with Gasteiger partial charge in [0.05, 0.1) is 0 Å². The van der Waals surface area contributed by atoms with Gasteiger partial charge >= 0.3 is 0 Å². The van der Waals surface area contributed by atoms with Crippen LogP contribution in [0.2, 0.25) is 0 Å². The summed E-state index contributed by atoms with van der Waals surface area (Å²) in [6, 6.07) is 0. The van der Waals surface area contributed by atoms with E-state index in [1.807, 2.05) is 6.92 Å². The number of nitrogens with zero attached hydrogens (tertiary/aromatic N) is 1. The Labute approximate surface area is 68.3 Å². The van der Waals surface area contributed by atoms with Gasteiger partial charge in [0, 0.05) is 0 Å². The molecule has 11 heavy (non-hydrogen) atoms. The van der Waals surface area contributed by atoms with E-state index in [4.69, 9.17) is 0 Å². The Balaban J connectivity index is 2.66. The maximum atomic E-state index is 10.5. The van der Waals surface area contributed by atoms with Crippen LogP contribution in [0.3, 0.4) is 0 Å². The molecule has 1 radical (unpaired) electrons. The Hall–Kier alpha value is -0.400. The molecule has 2 heteroatoms. The Kier molecular flexibility index (Phi) is 2.04. The number of hydrogen-bond acceptors (Lipinski definition) is 2.